The molecule has 2 aromatic carbocycles. The van der Waals surface area contributed by atoms with E-state index in [0.717, 1.165) is 42.9 Å². The van der Waals surface area contributed by atoms with Crippen molar-refractivity contribution in [3.63, 3.8) is 0 Å². The molecule has 0 radical (unpaired) electrons. The van der Waals surface area contributed by atoms with Crippen molar-refractivity contribution in [2.75, 3.05) is 49.6 Å². The van der Waals surface area contributed by atoms with E-state index in [1.807, 2.05) is 0 Å². The molecule has 158 valence electrons. The fraction of sp³-hybridized carbons (Fsp3) is 0.217. The van der Waals surface area contributed by atoms with Gasteiger partial charge in [0.15, 0.2) is 5.65 Å². The smallest absolute Gasteiger partial charge is 0.165 e. The van der Waals surface area contributed by atoms with Crippen molar-refractivity contribution in [2.45, 2.75) is 0 Å². The normalized spacial score (nSPS) is 14.9. The summed E-state index contributed by atoms with van der Waals surface area (Å²) in [7, 11) is 2.16. The van der Waals surface area contributed by atoms with Gasteiger partial charge in [-0.1, -0.05) is 18.2 Å². The topological polar surface area (TPSA) is 109 Å². The lowest BCUT2D eigenvalue weighted by molar-refractivity contribution is 0.313. The van der Waals surface area contributed by atoms with Crippen molar-refractivity contribution in [1.82, 2.24) is 19.5 Å². The summed E-state index contributed by atoms with van der Waals surface area (Å²) in [5.41, 5.74) is 17.9. The van der Waals surface area contributed by atoms with Crippen LogP contribution in [-0.2, 0) is 0 Å². The largest absolute Gasteiger partial charge is 0.506 e. The predicted octanol–water partition coefficient (Wildman–Crippen LogP) is 2.69. The van der Waals surface area contributed by atoms with E-state index in [0.29, 0.717) is 22.7 Å². The van der Waals surface area contributed by atoms with Gasteiger partial charge in [0.25, 0.3) is 0 Å². The van der Waals surface area contributed by atoms with Gasteiger partial charge in [-0.2, -0.15) is 9.61 Å². The molecule has 0 saturated carbocycles. The van der Waals surface area contributed by atoms with E-state index < -0.39 is 0 Å². The predicted molar refractivity (Wildman–Crippen MR) is 124 cm³/mol. The summed E-state index contributed by atoms with van der Waals surface area (Å²) in [4.78, 5) is 9.41. The minimum absolute atomic E-state index is 0.0398. The maximum Gasteiger partial charge on any atom is 0.165 e. The summed E-state index contributed by atoms with van der Waals surface area (Å²) in [6.07, 6.45) is 3.53. The lowest BCUT2D eigenvalue weighted by Crippen LogP contribution is -2.44. The van der Waals surface area contributed by atoms with Gasteiger partial charge in [0.05, 0.1) is 11.9 Å². The van der Waals surface area contributed by atoms with E-state index in [-0.39, 0.29) is 5.75 Å². The molecule has 1 aliphatic heterocycles. The van der Waals surface area contributed by atoms with Crippen LogP contribution >= 0.6 is 0 Å². The van der Waals surface area contributed by atoms with Crippen LogP contribution in [0.4, 0.5) is 17.2 Å². The highest BCUT2D eigenvalue weighted by atomic mass is 16.3. The molecule has 2 aromatic heterocycles. The molecule has 1 saturated heterocycles. The standard InChI is InChI=1S/C23H25N7O/c1-28-7-9-29(10-8-28)17-4-2-3-15(11-17)19-14-27-30-22(25)18(13-26-23(19)30)16-5-6-21(31)20(24)12-16/h2-6,11-14,31H,7-10,24-25H2,1H3. The molecule has 1 aliphatic rings. The molecular formula is C23H25N7O. The Labute approximate surface area is 180 Å². The molecule has 0 unspecified atom stereocenters. The van der Waals surface area contributed by atoms with E-state index in [9.17, 15) is 5.11 Å². The number of rotatable bonds is 3. The summed E-state index contributed by atoms with van der Waals surface area (Å²) < 4.78 is 1.65. The molecule has 8 nitrogen and oxygen atoms in total. The van der Waals surface area contributed by atoms with E-state index in [1.165, 1.54) is 5.69 Å². The number of likely N-dealkylation sites (N-methyl/N-ethyl adjacent to an activating group) is 1. The Morgan fingerprint density at radius 2 is 1.68 bits per heavy atom. The van der Waals surface area contributed by atoms with Crippen molar-refractivity contribution in [2.24, 2.45) is 0 Å². The molecule has 1 fully saturated rings. The SMILES string of the molecule is CN1CCN(c2cccc(-c3cnn4c(N)c(-c5ccc(O)c(N)c5)cnc34)c2)CC1. The number of hydrogen-bond acceptors (Lipinski definition) is 7. The molecular weight excluding hydrogens is 390 g/mol. The average Bonchev–Trinajstić information content (AvgIpc) is 3.22. The molecule has 8 heteroatoms. The van der Waals surface area contributed by atoms with Gasteiger partial charge in [-0.3, -0.25) is 0 Å². The van der Waals surface area contributed by atoms with E-state index >= 15 is 0 Å². The zero-order valence-corrected chi connectivity index (χ0v) is 17.4. The third kappa shape index (κ3) is 3.40. The number of phenols is 1. The van der Waals surface area contributed by atoms with E-state index in [1.54, 1.807) is 35.1 Å². The minimum atomic E-state index is 0.0398. The summed E-state index contributed by atoms with van der Waals surface area (Å²) >= 11 is 0. The Morgan fingerprint density at radius 3 is 2.45 bits per heavy atom. The molecule has 31 heavy (non-hydrogen) atoms. The maximum absolute atomic E-state index is 9.70. The third-order valence-electron chi connectivity index (χ3n) is 5.93. The van der Waals surface area contributed by atoms with Gasteiger partial charge >= 0.3 is 0 Å². The summed E-state index contributed by atoms with van der Waals surface area (Å²) in [6.45, 7) is 4.14. The molecule has 0 bridgehead atoms. The number of aromatic nitrogens is 3. The number of piperazine rings is 1. The number of aromatic hydroxyl groups is 1. The van der Waals surface area contributed by atoms with Crippen LogP contribution in [0.5, 0.6) is 5.75 Å². The number of nitrogens with zero attached hydrogens (tertiary/aromatic N) is 5. The Kier molecular flexibility index (Phi) is 4.63. The average molecular weight is 416 g/mol. The lowest BCUT2D eigenvalue weighted by atomic mass is 10.1. The zero-order valence-electron chi connectivity index (χ0n) is 17.4. The van der Waals surface area contributed by atoms with Gasteiger partial charge < -0.3 is 26.4 Å². The highest BCUT2D eigenvalue weighted by Gasteiger charge is 2.17. The van der Waals surface area contributed by atoms with Crippen LogP contribution in [0.25, 0.3) is 27.9 Å². The zero-order chi connectivity index (χ0) is 21.5. The number of nitrogen functional groups attached to an aromatic ring is 2. The van der Waals surface area contributed by atoms with Crippen LogP contribution in [0.15, 0.2) is 54.9 Å². The van der Waals surface area contributed by atoms with Crippen LogP contribution in [0.1, 0.15) is 0 Å². The Balaban J connectivity index is 1.53. The first-order valence-electron chi connectivity index (χ1n) is 10.3. The molecule has 0 spiro atoms. The molecule has 3 heterocycles. The number of benzene rings is 2. The number of phenolic OH excluding ortho intramolecular Hbond substituents is 1. The summed E-state index contributed by atoms with van der Waals surface area (Å²) in [5, 5.41) is 14.2. The van der Waals surface area contributed by atoms with Crippen LogP contribution in [0.3, 0.4) is 0 Å². The quantitative estimate of drug-likeness (QED) is 0.349. The van der Waals surface area contributed by atoms with Crippen molar-refractivity contribution in [1.29, 1.82) is 0 Å². The molecule has 0 aliphatic carbocycles. The van der Waals surface area contributed by atoms with Gasteiger partial charge in [-0.25, -0.2) is 4.98 Å². The van der Waals surface area contributed by atoms with Crippen LogP contribution in [-0.4, -0.2) is 57.8 Å². The molecule has 0 atom stereocenters. The first-order valence-corrected chi connectivity index (χ1v) is 10.3. The number of anilines is 3. The second-order valence-electron chi connectivity index (χ2n) is 7.97. The number of nitrogens with two attached hydrogens (primary N) is 2. The van der Waals surface area contributed by atoms with Crippen molar-refractivity contribution < 1.29 is 5.11 Å². The van der Waals surface area contributed by atoms with Gasteiger partial charge in [-0.05, 0) is 42.4 Å². The van der Waals surface area contributed by atoms with Gasteiger partial charge in [0.1, 0.15) is 11.6 Å². The van der Waals surface area contributed by atoms with Crippen molar-refractivity contribution in [3.8, 4) is 28.0 Å². The molecule has 5 rings (SSSR count). The Morgan fingerprint density at radius 1 is 0.903 bits per heavy atom. The number of fused-ring (bicyclic) bond motifs is 1. The monoisotopic (exact) mass is 415 g/mol. The summed E-state index contributed by atoms with van der Waals surface area (Å²) in [5.74, 6) is 0.509. The molecule has 5 N–H and O–H groups in total. The second kappa shape index (κ2) is 7.48. The van der Waals surface area contributed by atoms with E-state index in [4.69, 9.17) is 11.5 Å². The maximum atomic E-state index is 9.70. The Hall–Kier alpha value is -3.78. The molecule has 0 amide bonds. The van der Waals surface area contributed by atoms with Crippen LogP contribution < -0.4 is 16.4 Å². The minimum Gasteiger partial charge on any atom is -0.506 e. The Bertz CT molecular complexity index is 1260. The number of hydrogen-bond donors (Lipinski definition) is 3. The second-order valence-corrected chi connectivity index (χ2v) is 7.97. The van der Waals surface area contributed by atoms with Gasteiger partial charge in [0.2, 0.25) is 0 Å². The van der Waals surface area contributed by atoms with Crippen molar-refractivity contribution >= 4 is 22.8 Å². The highest BCUT2D eigenvalue weighted by Crippen LogP contribution is 2.33. The third-order valence-corrected chi connectivity index (χ3v) is 5.93. The first kappa shape index (κ1) is 19.2. The fourth-order valence-electron chi connectivity index (χ4n) is 4.03. The van der Waals surface area contributed by atoms with Crippen LogP contribution in [0.2, 0.25) is 0 Å². The molecule has 4 aromatic rings. The van der Waals surface area contributed by atoms with Crippen LogP contribution in [0, 0.1) is 0 Å². The fourth-order valence-corrected chi connectivity index (χ4v) is 4.03. The van der Waals surface area contributed by atoms with Gasteiger partial charge in [0, 0.05) is 49.2 Å². The van der Waals surface area contributed by atoms with Gasteiger partial charge in [-0.15, -0.1) is 0 Å². The summed E-state index contributed by atoms with van der Waals surface area (Å²) in [6, 6.07) is 13.5. The van der Waals surface area contributed by atoms with Crippen molar-refractivity contribution in [3.05, 3.63) is 54.9 Å². The lowest BCUT2D eigenvalue weighted by Gasteiger charge is -2.34. The first-order chi connectivity index (χ1) is 15.0. The van der Waals surface area contributed by atoms with E-state index in [2.05, 4.69) is 51.2 Å². The highest BCUT2D eigenvalue weighted by molar-refractivity contribution is 5.84.